The molecule has 1 fully saturated rings. The lowest BCUT2D eigenvalue weighted by Crippen LogP contribution is -2.38. The standard InChI is InChI=1S/C11H23NO2S/c1-11(2,12)9-15(13)8-4-6-10-5-3-7-14-10/h10H,3-9,12H2,1-2H3. The highest BCUT2D eigenvalue weighted by atomic mass is 32.2. The van der Waals surface area contributed by atoms with Gasteiger partial charge in [-0.2, -0.15) is 0 Å². The summed E-state index contributed by atoms with van der Waals surface area (Å²) in [4.78, 5) is 0. The lowest BCUT2D eigenvalue weighted by molar-refractivity contribution is 0.104. The molecule has 15 heavy (non-hydrogen) atoms. The van der Waals surface area contributed by atoms with Gasteiger partial charge in [-0.3, -0.25) is 4.21 Å². The Balaban J connectivity index is 2.06. The maximum absolute atomic E-state index is 11.6. The Kier molecular flexibility index (Phi) is 5.23. The largest absolute Gasteiger partial charge is 0.378 e. The molecule has 1 heterocycles. The zero-order valence-electron chi connectivity index (χ0n) is 9.83. The first-order valence-electron chi connectivity index (χ1n) is 5.73. The fourth-order valence-electron chi connectivity index (χ4n) is 1.83. The summed E-state index contributed by atoms with van der Waals surface area (Å²) in [7, 11) is -0.770. The Labute approximate surface area is 95.2 Å². The molecule has 1 saturated heterocycles. The summed E-state index contributed by atoms with van der Waals surface area (Å²) in [5.74, 6) is 1.36. The highest BCUT2D eigenvalue weighted by molar-refractivity contribution is 7.85. The minimum Gasteiger partial charge on any atom is -0.378 e. The zero-order chi connectivity index (χ0) is 11.3. The molecule has 0 aromatic heterocycles. The van der Waals surface area contributed by atoms with Crippen LogP contribution >= 0.6 is 0 Å². The van der Waals surface area contributed by atoms with Crippen LogP contribution in [0.5, 0.6) is 0 Å². The molecule has 1 rings (SSSR count). The quantitative estimate of drug-likeness (QED) is 0.755. The molecule has 0 aliphatic carbocycles. The zero-order valence-corrected chi connectivity index (χ0v) is 10.6. The van der Waals surface area contributed by atoms with Gasteiger partial charge in [-0.05, 0) is 39.5 Å². The van der Waals surface area contributed by atoms with Crippen LogP contribution < -0.4 is 5.73 Å². The summed E-state index contributed by atoms with van der Waals surface area (Å²) in [6.07, 6.45) is 4.83. The number of nitrogens with two attached hydrogens (primary N) is 1. The third-order valence-electron chi connectivity index (χ3n) is 2.46. The molecule has 2 unspecified atom stereocenters. The van der Waals surface area contributed by atoms with E-state index >= 15 is 0 Å². The van der Waals surface area contributed by atoms with E-state index in [1.807, 2.05) is 13.8 Å². The van der Waals surface area contributed by atoms with Gasteiger partial charge in [0, 0.05) is 34.5 Å². The van der Waals surface area contributed by atoms with Crippen LogP contribution in [0.3, 0.4) is 0 Å². The SMILES string of the molecule is CC(C)(N)CS(=O)CCCC1CCCO1. The van der Waals surface area contributed by atoms with Gasteiger partial charge >= 0.3 is 0 Å². The monoisotopic (exact) mass is 233 g/mol. The van der Waals surface area contributed by atoms with Crippen LogP contribution in [0.25, 0.3) is 0 Å². The van der Waals surface area contributed by atoms with E-state index in [0.717, 1.165) is 25.2 Å². The highest BCUT2D eigenvalue weighted by Gasteiger charge is 2.17. The Morgan fingerprint density at radius 2 is 2.27 bits per heavy atom. The van der Waals surface area contributed by atoms with Crippen LogP contribution in [0.15, 0.2) is 0 Å². The van der Waals surface area contributed by atoms with Gasteiger partial charge in [-0.1, -0.05) is 0 Å². The Morgan fingerprint density at radius 1 is 1.53 bits per heavy atom. The first-order valence-corrected chi connectivity index (χ1v) is 7.22. The topological polar surface area (TPSA) is 52.3 Å². The molecular weight excluding hydrogens is 210 g/mol. The van der Waals surface area contributed by atoms with E-state index in [2.05, 4.69) is 0 Å². The molecule has 1 aliphatic rings. The van der Waals surface area contributed by atoms with Crippen molar-refractivity contribution in [3.8, 4) is 0 Å². The summed E-state index contributed by atoms with van der Waals surface area (Å²) in [6, 6.07) is 0. The van der Waals surface area contributed by atoms with Crippen molar-refractivity contribution in [1.82, 2.24) is 0 Å². The molecule has 0 aromatic carbocycles. The number of hydrogen-bond donors (Lipinski definition) is 1. The minimum absolute atomic E-state index is 0.311. The van der Waals surface area contributed by atoms with Gasteiger partial charge in [0.05, 0.1) is 6.10 Å². The van der Waals surface area contributed by atoms with Crippen molar-refractivity contribution >= 4 is 10.8 Å². The predicted octanol–water partition coefficient (Wildman–Crippen LogP) is 1.43. The van der Waals surface area contributed by atoms with E-state index in [1.54, 1.807) is 0 Å². The van der Waals surface area contributed by atoms with E-state index < -0.39 is 10.8 Å². The molecule has 0 bridgehead atoms. The van der Waals surface area contributed by atoms with Gasteiger partial charge in [-0.25, -0.2) is 0 Å². The molecule has 3 nitrogen and oxygen atoms in total. The first kappa shape index (κ1) is 13.1. The van der Waals surface area contributed by atoms with Gasteiger partial charge in [-0.15, -0.1) is 0 Å². The average Bonchev–Trinajstić information content (AvgIpc) is 2.53. The van der Waals surface area contributed by atoms with E-state index in [1.165, 1.54) is 12.8 Å². The lowest BCUT2D eigenvalue weighted by Gasteiger charge is -2.17. The second-order valence-corrected chi connectivity index (χ2v) is 6.63. The van der Waals surface area contributed by atoms with Gasteiger partial charge in [0.2, 0.25) is 0 Å². The predicted molar refractivity (Wildman–Crippen MR) is 64.4 cm³/mol. The second kappa shape index (κ2) is 5.97. The van der Waals surface area contributed by atoms with Crippen molar-refractivity contribution in [1.29, 1.82) is 0 Å². The molecular formula is C11H23NO2S. The first-order chi connectivity index (χ1) is 6.97. The van der Waals surface area contributed by atoms with Crippen LogP contribution in [-0.4, -0.2) is 34.0 Å². The maximum atomic E-state index is 11.6. The van der Waals surface area contributed by atoms with Crippen LogP contribution in [0.2, 0.25) is 0 Å². The summed E-state index contributed by atoms with van der Waals surface area (Å²) in [5, 5.41) is 0. The van der Waals surface area contributed by atoms with Crippen LogP contribution in [0.1, 0.15) is 39.5 Å². The second-order valence-electron chi connectivity index (χ2n) is 5.05. The van der Waals surface area contributed by atoms with E-state index in [0.29, 0.717) is 11.9 Å². The van der Waals surface area contributed by atoms with E-state index in [-0.39, 0.29) is 5.54 Å². The van der Waals surface area contributed by atoms with Gasteiger partial charge in [0.25, 0.3) is 0 Å². The molecule has 0 radical (unpaired) electrons. The summed E-state index contributed by atoms with van der Waals surface area (Å²) in [6.45, 7) is 4.75. The molecule has 0 saturated carbocycles. The highest BCUT2D eigenvalue weighted by Crippen LogP contribution is 2.17. The molecule has 2 atom stereocenters. The lowest BCUT2D eigenvalue weighted by atomic mass is 10.1. The van der Waals surface area contributed by atoms with E-state index in [4.69, 9.17) is 10.5 Å². The molecule has 0 spiro atoms. The van der Waals surface area contributed by atoms with Crippen molar-refractivity contribution in [2.45, 2.75) is 51.2 Å². The van der Waals surface area contributed by atoms with Crippen molar-refractivity contribution in [3.05, 3.63) is 0 Å². The van der Waals surface area contributed by atoms with Crippen molar-refractivity contribution in [2.24, 2.45) is 5.73 Å². The molecule has 1 aliphatic heterocycles. The van der Waals surface area contributed by atoms with Gasteiger partial charge in [0.15, 0.2) is 0 Å². The normalized spacial score (nSPS) is 24.3. The summed E-state index contributed by atoms with van der Waals surface area (Å²) >= 11 is 0. The van der Waals surface area contributed by atoms with Crippen LogP contribution in [-0.2, 0) is 15.5 Å². The van der Waals surface area contributed by atoms with Crippen LogP contribution in [0, 0.1) is 0 Å². The Morgan fingerprint density at radius 3 is 2.80 bits per heavy atom. The van der Waals surface area contributed by atoms with Crippen LogP contribution in [0.4, 0.5) is 0 Å². The molecule has 2 N–H and O–H groups in total. The fraction of sp³-hybridized carbons (Fsp3) is 1.00. The summed E-state index contributed by atoms with van der Waals surface area (Å²) < 4.78 is 17.1. The molecule has 0 aromatic rings. The fourth-order valence-corrected chi connectivity index (χ4v) is 3.29. The maximum Gasteiger partial charge on any atom is 0.0576 e. The molecule has 4 heteroatoms. The molecule has 90 valence electrons. The third-order valence-corrected chi connectivity index (χ3v) is 4.27. The average molecular weight is 233 g/mol. The summed E-state index contributed by atoms with van der Waals surface area (Å²) in [5.41, 5.74) is 5.50. The van der Waals surface area contributed by atoms with Crippen molar-refractivity contribution < 1.29 is 8.95 Å². The Hall–Kier alpha value is 0.0700. The molecule has 0 amide bonds. The number of ether oxygens (including phenoxy) is 1. The van der Waals surface area contributed by atoms with Crippen molar-refractivity contribution in [3.63, 3.8) is 0 Å². The minimum atomic E-state index is -0.770. The smallest absolute Gasteiger partial charge is 0.0576 e. The van der Waals surface area contributed by atoms with Gasteiger partial charge in [0.1, 0.15) is 0 Å². The van der Waals surface area contributed by atoms with E-state index in [9.17, 15) is 4.21 Å². The van der Waals surface area contributed by atoms with Gasteiger partial charge < -0.3 is 10.5 Å². The number of rotatable bonds is 6. The Bertz CT molecular complexity index is 207. The number of hydrogen-bond acceptors (Lipinski definition) is 3. The third kappa shape index (κ3) is 6.28. The van der Waals surface area contributed by atoms with Crippen molar-refractivity contribution in [2.75, 3.05) is 18.1 Å².